The highest BCUT2D eigenvalue weighted by atomic mass is 79.9. The van der Waals surface area contributed by atoms with Gasteiger partial charge in [-0.05, 0) is 47.4 Å². The van der Waals surface area contributed by atoms with Crippen LogP contribution in [0.3, 0.4) is 0 Å². The van der Waals surface area contributed by atoms with E-state index >= 15 is 0 Å². The summed E-state index contributed by atoms with van der Waals surface area (Å²) in [5.74, 6) is 0. The summed E-state index contributed by atoms with van der Waals surface area (Å²) in [7, 11) is 2.15. The molecule has 0 aliphatic carbocycles. The van der Waals surface area contributed by atoms with Crippen molar-refractivity contribution < 1.29 is 0 Å². The van der Waals surface area contributed by atoms with Crippen LogP contribution < -0.4 is 10.2 Å². The van der Waals surface area contributed by atoms with E-state index in [0.717, 1.165) is 34.3 Å². The third-order valence-electron chi connectivity index (χ3n) is 3.72. The molecule has 1 saturated heterocycles. The lowest BCUT2D eigenvalue weighted by Crippen LogP contribution is -2.44. The molecule has 2 aromatic rings. The molecule has 3 heterocycles. The van der Waals surface area contributed by atoms with Gasteiger partial charge in [-0.1, -0.05) is 0 Å². The summed E-state index contributed by atoms with van der Waals surface area (Å²) in [5, 5.41) is 3.46. The molecular weight excluding hydrogens is 304 g/mol. The van der Waals surface area contributed by atoms with E-state index in [9.17, 15) is 0 Å². The van der Waals surface area contributed by atoms with E-state index in [-0.39, 0.29) is 0 Å². The molecule has 4 nitrogen and oxygen atoms in total. The second-order valence-corrected chi connectivity index (χ2v) is 5.88. The monoisotopic (exact) mass is 320 g/mol. The minimum atomic E-state index is 0.532. The van der Waals surface area contributed by atoms with Crippen LogP contribution in [0.15, 0.2) is 29.0 Å². The van der Waals surface area contributed by atoms with Gasteiger partial charge in [-0.2, -0.15) is 0 Å². The number of rotatable bonds is 2. The largest absolute Gasteiger partial charge is 0.368 e. The van der Waals surface area contributed by atoms with E-state index in [1.165, 1.54) is 12.8 Å². The van der Waals surface area contributed by atoms with Crippen molar-refractivity contribution in [1.29, 1.82) is 0 Å². The number of pyridine rings is 2. The van der Waals surface area contributed by atoms with Crippen molar-refractivity contribution in [3.63, 3.8) is 0 Å². The lowest BCUT2D eigenvalue weighted by atomic mass is 10.1. The molecule has 1 fully saturated rings. The van der Waals surface area contributed by atoms with E-state index in [2.05, 4.69) is 49.2 Å². The molecule has 0 radical (unpaired) electrons. The molecule has 2 aromatic heterocycles. The highest BCUT2D eigenvalue weighted by molar-refractivity contribution is 9.10. The number of aromatic nitrogens is 2. The average molecular weight is 321 g/mol. The van der Waals surface area contributed by atoms with Crippen LogP contribution in [0.5, 0.6) is 0 Å². The molecule has 0 bridgehead atoms. The van der Waals surface area contributed by atoms with Gasteiger partial charge in [0.25, 0.3) is 0 Å². The van der Waals surface area contributed by atoms with Crippen molar-refractivity contribution in [3.05, 3.63) is 29.0 Å². The van der Waals surface area contributed by atoms with Gasteiger partial charge < -0.3 is 10.2 Å². The first-order valence-electron chi connectivity index (χ1n) is 6.59. The Kier molecular flexibility index (Phi) is 3.66. The Morgan fingerprint density at radius 2 is 2.32 bits per heavy atom. The Labute approximate surface area is 121 Å². The summed E-state index contributed by atoms with van der Waals surface area (Å²) in [6.45, 7) is 2.17. The third-order valence-corrected chi connectivity index (χ3v) is 4.16. The zero-order chi connectivity index (χ0) is 13.2. The van der Waals surface area contributed by atoms with E-state index in [1.54, 1.807) is 0 Å². The maximum Gasteiger partial charge on any atom is 0.112 e. The van der Waals surface area contributed by atoms with Crippen molar-refractivity contribution in [2.24, 2.45) is 0 Å². The van der Waals surface area contributed by atoms with Gasteiger partial charge in [-0.3, -0.25) is 9.97 Å². The number of halogens is 1. The smallest absolute Gasteiger partial charge is 0.112 e. The Hall–Kier alpha value is -1.20. The van der Waals surface area contributed by atoms with Crippen LogP contribution in [-0.4, -0.2) is 36.1 Å². The Bertz CT molecular complexity index is 581. The summed E-state index contributed by atoms with van der Waals surface area (Å²) in [5.41, 5.74) is 3.06. The van der Waals surface area contributed by atoms with E-state index in [4.69, 9.17) is 0 Å². The van der Waals surface area contributed by atoms with Gasteiger partial charge in [-0.15, -0.1) is 0 Å². The summed E-state index contributed by atoms with van der Waals surface area (Å²) in [6, 6.07) is 4.60. The van der Waals surface area contributed by atoms with Crippen LogP contribution in [0.2, 0.25) is 0 Å². The van der Waals surface area contributed by atoms with Crippen molar-refractivity contribution in [1.82, 2.24) is 15.3 Å². The number of nitrogens with one attached hydrogen (secondary N) is 1. The number of nitrogens with zero attached hydrogens (tertiary/aromatic N) is 3. The molecule has 0 saturated carbocycles. The van der Waals surface area contributed by atoms with Crippen LogP contribution in [0.25, 0.3) is 11.0 Å². The van der Waals surface area contributed by atoms with E-state index in [1.807, 2.05) is 18.5 Å². The molecule has 0 aromatic carbocycles. The molecule has 5 heteroatoms. The van der Waals surface area contributed by atoms with Crippen molar-refractivity contribution in [2.45, 2.75) is 18.9 Å². The predicted octanol–water partition coefficient (Wildman–Crippen LogP) is 2.58. The Morgan fingerprint density at radius 3 is 3.11 bits per heavy atom. The molecule has 100 valence electrons. The molecule has 3 rings (SSSR count). The molecule has 1 N–H and O–H groups in total. The van der Waals surface area contributed by atoms with Crippen molar-refractivity contribution >= 4 is 32.7 Å². The van der Waals surface area contributed by atoms with Gasteiger partial charge in [0.2, 0.25) is 0 Å². The highest BCUT2D eigenvalue weighted by Gasteiger charge is 2.20. The van der Waals surface area contributed by atoms with Crippen LogP contribution in [-0.2, 0) is 0 Å². The maximum absolute atomic E-state index is 4.53. The standard InChI is InChI=1S/C14H17BrN4/c1-19(11-3-2-5-16-9-11)13-4-6-17-12-7-10(15)8-18-14(12)13/h4,6-8,11,16H,2-3,5,9H2,1H3. The zero-order valence-electron chi connectivity index (χ0n) is 10.9. The second-order valence-electron chi connectivity index (χ2n) is 4.96. The number of hydrogen-bond acceptors (Lipinski definition) is 4. The highest BCUT2D eigenvalue weighted by Crippen LogP contribution is 2.27. The van der Waals surface area contributed by atoms with Crippen LogP contribution in [0, 0.1) is 0 Å². The van der Waals surface area contributed by atoms with Gasteiger partial charge in [0, 0.05) is 36.5 Å². The summed E-state index contributed by atoms with van der Waals surface area (Å²) in [4.78, 5) is 11.3. The first-order valence-corrected chi connectivity index (χ1v) is 7.39. The predicted molar refractivity (Wildman–Crippen MR) is 81.5 cm³/mol. The molecule has 1 aliphatic rings. The quantitative estimate of drug-likeness (QED) is 0.923. The second kappa shape index (κ2) is 5.43. The first-order chi connectivity index (χ1) is 9.25. The molecule has 1 aliphatic heterocycles. The molecule has 1 unspecified atom stereocenters. The van der Waals surface area contributed by atoms with Crippen molar-refractivity contribution in [3.8, 4) is 0 Å². The number of hydrogen-bond donors (Lipinski definition) is 1. The number of piperidine rings is 1. The number of fused-ring (bicyclic) bond motifs is 1. The molecule has 0 amide bonds. The Morgan fingerprint density at radius 1 is 1.42 bits per heavy atom. The van der Waals surface area contributed by atoms with Crippen LogP contribution in [0.1, 0.15) is 12.8 Å². The fourth-order valence-corrected chi connectivity index (χ4v) is 2.96. The van der Waals surface area contributed by atoms with Crippen molar-refractivity contribution in [2.75, 3.05) is 25.0 Å². The van der Waals surface area contributed by atoms with Gasteiger partial charge in [0.05, 0.1) is 11.2 Å². The minimum Gasteiger partial charge on any atom is -0.368 e. The molecule has 1 atom stereocenters. The van der Waals surface area contributed by atoms with E-state index < -0.39 is 0 Å². The average Bonchev–Trinajstić information content (AvgIpc) is 2.46. The fourth-order valence-electron chi connectivity index (χ4n) is 2.64. The summed E-state index contributed by atoms with van der Waals surface area (Å²) in [6.07, 6.45) is 6.15. The number of anilines is 1. The van der Waals surface area contributed by atoms with Gasteiger partial charge in [-0.25, -0.2) is 0 Å². The maximum atomic E-state index is 4.53. The van der Waals surface area contributed by atoms with Gasteiger partial charge >= 0.3 is 0 Å². The minimum absolute atomic E-state index is 0.532. The summed E-state index contributed by atoms with van der Waals surface area (Å²) < 4.78 is 0.964. The molecule has 19 heavy (non-hydrogen) atoms. The lowest BCUT2D eigenvalue weighted by Gasteiger charge is -2.33. The van der Waals surface area contributed by atoms with Gasteiger partial charge in [0.1, 0.15) is 5.52 Å². The molecular formula is C14H17BrN4. The number of likely N-dealkylation sites (N-methyl/N-ethyl adjacent to an activating group) is 1. The van der Waals surface area contributed by atoms with E-state index in [0.29, 0.717) is 6.04 Å². The fraction of sp³-hybridized carbons (Fsp3) is 0.429. The zero-order valence-corrected chi connectivity index (χ0v) is 12.5. The van der Waals surface area contributed by atoms with Crippen LogP contribution in [0.4, 0.5) is 5.69 Å². The Balaban J connectivity index is 1.99. The molecule has 0 spiro atoms. The van der Waals surface area contributed by atoms with Gasteiger partial charge in [0.15, 0.2) is 0 Å². The summed E-state index contributed by atoms with van der Waals surface area (Å²) >= 11 is 3.44. The normalized spacial score (nSPS) is 19.6. The van der Waals surface area contributed by atoms with Crippen LogP contribution >= 0.6 is 15.9 Å². The first kappa shape index (κ1) is 12.8. The lowest BCUT2D eigenvalue weighted by molar-refractivity contribution is 0.445. The topological polar surface area (TPSA) is 41.1 Å². The third kappa shape index (κ3) is 2.58. The SMILES string of the molecule is CN(c1ccnc2cc(Br)cnc12)C1CCCNC1.